The Balaban J connectivity index is 1.27. The maximum absolute atomic E-state index is 15.0. The van der Waals surface area contributed by atoms with Crippen molar-refractivity contribution < 1.29 is 8.78 Å². The normalized spacial score (nSPS) is 32.3. The van der Waals surface area contributed by atoms with Crippen LogP contribution < -0.4 is 0 Å². The summed E-state index contributed by atoms with van der Waals surface area (Å²) in [6, 6.07) is 6.14. The fourth-order valence-corrected chi connectivity index (χ4v) is 15.9. The summed E-state index contributed by atoms with van der Waals surface area (Å²) in [6.45, 7) is 4.54. The first-order valence-corrected chi connectivity index (χ1v) is 16.7. The highest BCUT2D eigenvalue weighted by Gasteiger charge is 2.34. The second-order valence-corrected chi connectivity index (χ2v) is 17.2. The van der Waals surface area contributed by atoms with Crippen LogP contribution in [-0.2, 0) is 0 Å². The average molecular weight is 435 g/mol. The summed E-state index contributed by atoms with van der Waals surface area (Å²) in [5.74, 6) is 2.69. The molecule has 2 atom stereocenters. The zero-order chi connectivity index (χ0) is 20.4. The molecule has 2 heterocycles. The topological polar surface area (TPSA) is 0 Å². The molecule has 29 heavy (non-hydrogen) atoms. The third-order valence-electron chi connectivity index (χ3n) is 8.53. The van der Waals surface area contributed by atoms with Crippen LogP contribution >= 0.6 is 0 Å². The first-order chi connectivity index (χ1) is 14.0. The molecular formula is C25H40F2Si2. The highest BCUT2D eigenvalue weighted by atomic mass is 28.3. The van der Waals surface area contributed by atoms with Crippen molar-refractivity contribution in [3.8, 4) is 0 Å². The van der Waals surface area contributed by atoms with Gasteiger partial charge in [-0.3, -0.25) is 0 Å². The predicted octanol–water partition coefficient (Wildman–Crippen LogP) is 8.42. The second kappa shape index (κ2) is 9.93. The zero-order valence-corrected chi connectivity index (χ0v) is 20.7. The molecule has 0 aromatic carbocycles. The van der Waals surface area contributed by atoms with Gasteiger partial charge in [-0.05, 0) is 60.5 Å². The largest absolute Gasteiger partial charge is 0.212 e. The Morgan fingerprint density at radius 3 is 1.79 bits per heavy atom. The molecule has 0 nitrogen and oxygen atoms in total. The van der Waals surface area contributed by atoms with Crippen molar-refractivity contribution in [3.05, 3.63) is 22.8 Å². The SMILES string of the molecule is CC1CC[Si](C[Si]2CCC(C3CCC(C4=C(F)CC(C)CC4)=C(F)C3)CC2)CC1. The van der Waals surface area contributed by atoms with Crippen LogP contribution in [0.1, 0.15) is 78.1 Å². The van der Waals surface area contributed by atoms with E-state index in [0.717, 1.165) is 48.7 Å². The highest BCUT2D eigenvalue weighted by molar-refractivity contribution is 6.77. The van der Waals surface area contributed by atoms with E-state index in [1.165, 1.54) is 37.8 Å². The minimum absolute atomic E-state index is 0.0163. The van der Waals surface area contributed by atoms with E-state index >= 15 is 4.39 Å². The maximum atomic E-state index is 15.0. The van der Waals surface area contributed by atoms with Crippen molar-refractivity contribution in [1.29, 1.82) is 0 Å². The summed E-state index contributed by atoms with van der Waals surface area (Å²) >= 11 is 0. The second-order valence-electron chi connectivity index (χ2n) is 10.8. The van der Waals surface area contributed by atoms with Gasteiger partial charge in [-0.15, -0.1) is 0 Å². The molecular weight excluding hydrogens is 394 g/mol. The van der Waals surface area contributed by atoms with Crippen LogP contribution in [0.2, 0.25) is 29.8 Å². The summed E-state index contributed by atoms with van der Waals surface area (Å²) in [7, 11) is -0.126. The molecule has 0 amide bonds. The molecule has 162 valence electrons. The van der Waals surface area contributed by atoms with Crippen LogP contribution in [0.5, 0.6) is 0 Å². The van der Waals surface area contributed by atoms with Gasteiger partial charge in [0.15, 0.2) is 0 Å². The summed E-state index contributed by atoms with van der Waals surface area (Å²) in [6.07, 6.45) is 10.5. The van der Waals surface area contributed by atoms with Crippen LogP contribution in [0.4, 0.5) is 8.78 Å². The van der Waals surface area contributed by atoms with Crippen LogP contribution in [0.15, 0.2) is 22.8 Å². The molecule has 0 saturated carbocycles. The highest BCUT2D eigenvalue weighted by Crippen LogP contribution is 2.46. The minimum Gasteiger partial charge on any atom is -0.212 e. The fourth-order valence-electron chi connectivity index (χ4n) is 6.41. The van der Waals surface area contributed by atoms with Gasteiger partial charge in [-0.2, -0.15) is 0 Å². The average Bonchev–Trinajstić information content (AvgIpc) is 2.71. The van der Waals surface area contributed by atoms with E-state index in [1.54, 1.807) is 17.8 Å². The van der Waals surface area contributed by atoms with Crippen molar-refractivity contribution in [3.63, 3.8) is 0 Å². The Labute approximate surface area is 180 Å². The quantitative estimate of drug-likeness (QED) is 0.389. The van der Waals surface area contributed by atoms with Gasteiger partial charge in [0.25, 0.3) is 0 Å². The maximum Gasteiger partial charge on any atom is 0.104 e. The molecule has 4 aliphatic rings. The first-order valence-electron chi connectivity index (χ1n) is 12.4. The van der Waals surface area contributed by atoms with Crippen LogP contribution in [0.3, 0.4) is 0 Å². The van der Waals surface area contributed by atoms with Crippen LogP contribution in [0.25, 0.3) is 0 Å². The third-order valence-corrected chi connectivity index (χ3v) is 16.5. The smallest absolute Gasteiger partial charge is 0.104 e. The van der Waals surface area contributed by atoms with E-state index in [9.17, 15) is 4.39 Å². The van der Waals surface area contributed by atoms with Gasteiger partial charge in [-0.25, -0.2) is 8.78 Å². The van der Waals surface area contributed by atoms with E-state index in [4.69, 9.17) is 0 Å². The lowest BCUT2D eigenvalue weighted by molar-refractivity contribution is 0.255. The van der Waals surface area contributed by atoms with E-state index in [2.05, 4.69) is 13.8 Å². The Morgan fingerprint density at radius 1 is 0.655 bits per heavy atom. The molecule has 2 aliphatic carbocycles. The summed E-state index contributed by atoms with van der Waals surface area (Å²) in [4.78, 5) is 0. The standard InChI is InChI=1S/C25H40F2Si2/c1-18-7-11-28(12-8-18)17-29-13-9-20(10-14-29)21-4-6-23(25(27)16-21)22-5-3-19(2)15-24(22)26/h18-21H,3-17H2,1-2H3. The summed E-state index contributed by atoms with van der Waals surface area (Å²) < 4.78 is 29.5. The number of rotatable bonds is 4. The lowest BCUT2D eigenvalue weighted by Gasteiger charge is -2.37. The molecule has 2 unspecified atom stereocenters. The Hall–Kier alpha value is -0.226. The van der Waals surface area contributed by atoms with Crippen molar-refractivity contribution >= 4 is 17.6 Å². The minimum atomic E-state index is -0.105. The molecule has 2 fully saturated rings. The van der Waals surface area contributed by atoms with E-state index in [-0.39, 0.29) is 29.2 Å². The van der Waals surface area contributed by atoms with Gasteiger partial charge in [0, 0.05) is 30.4 Å². The molecule has 0 aromatic rings. The Morgan fingerprint density at radius 2 is 1.21 bits per heavy atom. The molecule has 2 aliphatic heterocycles. The van der Waals surface area contributed by atoms with Crippen LogP contribution in [0, 0.1) is 23.7 Å². The van der Waals surface area contributed by atoms with Crippen molar-refractivity contribution in [2.75, 3.05) is 0 Å². The molecule has 0 spiro atoms. The van der Waals surface area contributed by atoms with E-state index in [1.807, 2.05) is 0 Å². The number of hydrogen-bond acceptors (Lipinski definition) is 0. The molecule has 2 radical (unpaired) electrons. The molecule has 4 heteroatoms. The lowest BCUT2D eigenvalue weighted by Crippen LogP contribution is -2.32. The van der Waals surface area contributed by atoms with Gasteiger partial charge in [0.1, 0.15) is 11.7 Å². The van der Waals surface area contributed by atoms with Gasteiger partial charge >= 0.3 is 0 Å². The van der Waals surface area contributed by atoms with E-state index < -0.39 is 0 Å². The number of halogens is 2. The molecule has 4 rings (SSSR count). The molecule has 0 bridgehead atoms. The number of allylic oxidation sites excluding steroid dienone is 4. The van der Waals surface area contributed by atoms with Crippen LogP contribution in [-0.4, -0.2) is 17.6 Å². The lowest BCUT2D eigenvalue weighted by atomic mass is 9.74. The van der Waals surface area contributed by atoms with Crippen molar-refractivity contribution in [2.24, 2.45) is 23.7 Å². The van der Waals surface area contributed by atoms with E-state index in [0.29, 0.717) is 24.7 Å². The molecule has 0 N–H and O–H groups in total. The van der Waals surface area contributed by atoms with Gasteiger partial charge in [0.05, 0.1) is 0 Å². The Kier molecular flexibility index (Phi) is 7.53. The fraction of sp³-hybridized carbons (Fsp3) is 0.840. The first kappa shape index (κ1) is 22.0. The van der Waals surface area contributed by atoms with Crippen molar-refractivity contribution in [1.82, 2.24) is 0 Å². The monoisotopic (exact) mass is 434 g/mol. The predicted molar refractivity (Wildman–Crippen MR) is 123 cm³/mol. The summed E-state index contributed by atoms with van der Waals surface area (Å²) in [5, 5.41) is 0. The molecule has 0 aromatic heterocycles. The molecule has 2 saturated heterocycles. The number of hydrogen-bond donors (Lipinski definition) is 0. The summed E-state index contributed by atoms with van der Waals surface area (Å²) in [5.41, 5.74) is 3.17. The van der Waals surface area contributed by atoms with Gasteiger partial charge in [0.2, 0.25) is 0 Å². The van der Waals surface area contributed by atoms with Gasteiger partial charge < -0.3 is 0 Å². The third kappa shape index (κ3) is 5.53. The zero-order valence-electron chi connectivity index (χ0n) is 18.7. The van der Waals surface area contributed by atoms with Crippen molar-refractivity contribution in [2.45, 2.75) is 108 Å². The van der Waals surface area contributed by atoms with Gasteiger partial charge in [-0.1, -0.05) is 69.4 Å². The Bertz CT molecular complexity index is 625.